The SMILES string of the molecule is CCOC(=O)c1ccc(NC(=S)N[C@@H](c2ccccc2)c2ccccc2C)c(C)c1. The van der Waals surface area contributed by atoms with Crippen molar-refractivity contribution in [1.82, 2.24) is 5.32 Å². The van der Waals surface area contributed by atoms with Gasteiger partial charge in [0.25, 0.3) is 0 Å². The van der Waals surface area contributed by atoms with Crippen LogP contribution in [0.5, 0.6) is 0 Å². The van der Waals surface area contributed by atoms with Crippen LogP contribution in [0.4, 0.5) is 5.69 Å². The van der Waals surface area contributed by atoms with Gasteiger partial charge in [-0.05, 0) is 73.4 Å². The molecule has 5 heteroatoms. The lowest BCUT2D eigenvalue weighted by atomic mass is 9.95. The van der Waals surface area contributed by atoms with E-state index >= 15 is 0 Å². The van der Waals surface area contributed by atoms with Gasteiger partial charge in [0.2, 0.25) is 0 Å². The van der Waals surface area contributed by atoms with Gasteiger partial charge < -0.3 is 15.4 Å². The molecule has 0 aromatic heterocycles. The average Bonchev–Trinajstić information content (AvgIpc) is 2.75. The van der Waals surface area contributed by atoms with Crippen molar-refractivity contribution in [1.29, 1.82) is 0 Å². The predicted molar refractivity (Wildman–Crippen MR) is 126 cm³/mol. The van der Waals surface area contributed by atoms with Gasteiger partial charge in [0.05, 0.1) is 18.2 Å². The fourth-order valence-corrected chi connectivity index (χ4v) is 3.56. The lowest BCUT2D eigenvalue weighted by Gasteiger charge is -2.24. The van der Waals surface area contributed by atoms with Crippen LogP contribution in [-0.2, 0) is 4.74 Å². The Balaban J connectivity index is 1.80. The van der Waals surface area contributed by atoms with Crippen molar-refractivity contribution in [3.63, 3.8) is 0 Å². The van der Waals surface area contributed by atoms with Crippen LogP contribution >= 0.6 is 12.2 Å². The third-order valence-corrected chi connectivity index (χ3v) is 5.11. The van der Waals surface area contributed by atoms with Crippen LogP contribution < -0.4 is 10.6 Å². The largest absolute Gasteiger partial charge is 0.462 e. The second kappa shape index (κ2) is 10.0. The number of aryl methyl sites for hydroxylation is 2. The normalized spacial score (nSPS) is 11.4. The maximum absolute atomic E-state index is 11.9. The lowest BCUT2D eigenvalue weighted by Crippen LogP contribution is -2.33. The predicted octanol–water partition coefficient (Wildman–Crippen LogP) is 5.56. The van der Waals surface area contributed by atoms with Crippen molar-refractivity contribution in [3.8, 4) is 0 Å². The molecule has 3 rings (SSSR count). The van der Waals surface area contributed by atoms with Gasteiger partial charge in [-0.25, -0.2) is 4.79 Å². The van der Waals surface area contributed by atoms with Crippen LogP contribution in [0.25, 0.3) is 0 Å². The molecule has 0 aliphatic carbocycles. The molecule has 0 spiro atoms. The molecular formula is C25H26N2O2S. The highest BCUT2D eigenvalue weighted by Gasteiger charge is 2.17. The number of hydrogen-bond acceptors (Lipinski definition) is 3. The second-order valence-corrected chi connectivity index (χ2v) is 7.46. The van der Waals surface area contributed by atoms with Crippen LogP contribution in [-0.4, -0.2) is 17.7 Å². The fraction of sp³-hybridized carbons (Fsp3) is 0.200. The zero-order valence-electron chi connectivity index (χ0n) is 17.4. The Morgan fingerprint density at radius 2 is 1.67 bits per heavy atom. The van der Waals surface area contributed by atoms with E-state index < -0.39 is 0 Å². The molecule has 0 radical (unpaired) electrons. The maximum atomic E-state index is 11.9. The van der Waals surface area contributed by atoms with Gasteiger partial charge in [0.1, 0.15) is 0 Å². The van der Waals surface area contributed by atoms with Gasteiger partial charge in [-0.15, -0.1) is 0 Å². The quantitative estimate of drug-likeness (QED) is 0.406. The van der Waals surface area contributed by atoms with Crippen LogP contribution in [0, 0.1) is 13.8 Å². The maximum Gasteiger partial charge on any atom is 0.338 e. The minimum atomic E-state index is -0.323. The summed E-state index contributed by atoms with van der Waals surface area (Å²) in [4.78, 5) is 11.9. The monoisotopic (exact) mass is 418 g/mol. The molecule has 0 bridgehead atoms. The summed E-state index contributed by atoms with van der Waals surface area (Å²) in [5.74, 6) is -0.323. The van der Waals surface area contributed by atoms with Crippen LogP contribution in [0.3, 0.4) is 0 Å². The number of hydrogen-bond donors (Lipinski definition) is 2. The molecule has 0 unspecified atom stereocenters. The first-order chi connectivity index (χ1) is 14.5. The summed E-state index contributed by atoms with van der Waals surface area (Å²) in [6, 6.07) is 23.8. The molecular weight excluding hydrogens is 392 g/mol. The highest BCUT2D eigenvalue weighted by atomic mass is 32.1. The number of benzene rings is 3. The fourth-order valence-electron chi connectivity index (χ4n) is 3.33. The highest BCUT2D eigenvalue weighted by Crippen LogP contribution is 2.25. The number of rotatable bonds is 6. The number of carbonyl (C=O) groups excluding carboxylic acids is 1. The smallest absolute Gasteiger partial charge is 0.338 e. The highest BCUT2D eigenvalue weighted by molar-refractivity contribution is 7.80. The van der Waals surface area contributed by atoms with Crippen molar-refractivity contribution < 1.29 is 9.53 Å². The number of ether oxygens (including phenoxy) is 1. The summed E-state index contributed by atoms with van der Waals surface area (Å²) >= 11 is 5.63. The minimum Gasteiger partial charge on any atom is -0.462 e. The van der Waals surface area contributed by atoms with E-state index in [9.17, 15) is 4.79 Å². The molecule has 1 atom stereocenters. The molecule has 30 heavy (non-hydrogen) atoms. The zero-order chi connectivity index (χ0) is 21.5. The Morgan fingerprint density at radius 1 is 0.967 bits per heavy atom. The van der Waals surface area contributed by atoms with Crippen LogP contribution in [0.15, 0.2) is 72.8 Å². The molecule has 0 saturated heterocycles. The Labute approximate surface area is 183 Å². The van der Waals surface area contributed by atoms with Crippen LogP contribution in [0.1, 0.15) is 45.6 Å². The Bertz CT molecular complexity index is 1030. The molecule has 3 aromatic rings. The lowest BCUT2D eigenvalue weighted by molar-refractivity contribution is 0.0526. The number of nitrogens with one attached hydrogen (secondary N) is 2. The molecule has 0 saturated carbocycles. The Hall–Kier alpha value is -3.18. The van der Waals surface area contributed by atoms with E-state index in [1.54, 1.807) is 19.1 Å². The van der Waals surface area contributed by atoms with E-state index in [1.165, 1.54) is 11.1 Å². The van der Waals surface area contributed by atoms with Gasteiger partial charge in [0.15, 0.2) is 5.11 Å². The summed E-state index contributed by atoms with van der Waals surface area (Å²) < 4.78 is 5.07. The van der Waals surface area contributed by atoms with Crippen molar-refractivity contribution in [2.45, 2.75) is 26.8 Å². The summed E-state index contributed by atoms with van der Waals surface area (Å²) in [5.41, 5.74) is 5.78. The van der Waals surface area contributed by atoms with Crippen molar-refractivity contribution in [2.24, 2.45) is 0 Å². The number of thiocarbonyl (C=S) groups is 1. The van der Waals surface area contributed by atoms with Crippen molar-refractivity contribution >= 4 is 29.0 Å². The van der Waals surface area contributed by atoms with Gasteiger partial charge in [-0.3, -0.25) is 0 Å². The van der Waals surface area contributed by atoms with E-state index in [2.05, 4.69) is 41.8 Å². The molecule has 0 heterocycles. The Kier molecular flexibility index (Phi) is 7.20. The molecule has 2 N–H and O–H groups in total. The zero-order valence-corrected chi connectivity index (χ0v) is 18.3. The van der Waals surface area contributed by atoms with Gasteiger partial charge in [-0.2, -0.15) is 0 Å². The molecule has 0 aliphatic heterocycles. The van der Waals surface area contributed by atoms with Crippen molar-refractivity contribution in [2.75, 3.05) is 11.9 Å². The first kappa shape index (κ1) is 21.5. The number of anilines is 1. The number of esters is 1. The van der Waals surface area contributed by atoms with E-state index in [0.29, 0.717) is 17.3 Å². The molecule has 154 valence electrons. The minimum absolute atomic E-state index is 0.0773. The summed E-state index contributed by atoms with van der Waals surface area (Å²) in [6.07, 6.45) is 0. The molecule has 0 amide bonds. The van der Waals surface area contributed by atoms with E-state index in [0.717, 1.165) is 16.8 Å². The van der Waals surface area contributed by atoms with Gasteiger partial charge in [-0.1, -0.05) is 54.6 Å². The van der Waals surface area contributed by atoms with Gasteiger partial charge in [0, 0.05) is 5.69 Å². The third kappa shape index (κ3) is 5.24. The van der Waals surface area contributed by atoms with Crippen LogP contribution in [0.2, 0.25) is 0 Å². The molecule has 0 fully saturated rings. The van der Waals surface area contributed by atoms with Gasteiger partial charge >= 0.3 is 5.97 Å². The molecule has 0 aliphatic rings. The number of carbonyl (C=O) groups is 1. The third-order valence-electron chi connectivity index (χ3n) is 4.89. The topological polar surface area (TPSA) is 50.4 Å². The first-order valence-electron chi connectivity index (χ1n) is 9.95. The average molecular weight is 419 g/mol. The van der Waals surface area contributed by atoms with E-state index in [1.807, 2.05) is 43.3 Å². The standard InChI is InChI=1S/C25H26N2O2S/c1-4-29-24(28)20-14-15-22(18(3)16-20)26-25(30)27-23(19-11-6-5-7-12-19)21-13-9-8-10-17(21)2/h5-16,23H,4H2,1-3H3,(H2,26,27,30)/t23-/m0/s1. The Morgan fingerprint density at radius 3 is 2.33 bits per heavy atom. The van der Waals surface area contributed by atoms with E-state index in [-0.39, 0.29) is 12.0 Å². The second-order valence-electron chi connectivity index (χ2n) is 7.05. The summed E-state index contributed by atoms with van der Waals surface area (Å²) in [6.45, 7) is 6.18. The van der Waals surface area contributed by atoms with E-state index in [4.69, 9.17) is 17.0 Å². The molecule has 3 aromatic carbocycles. The summed E-state index contributed by atoms with van der Waals surface area (Å²) in [7, 11) is 0. The first-order valence-corrected chi connectivity index (χ1v) is 10.4. The summed E-state index contributed by atoms with van der Waals surface area (Å²) in [5, 5.41) is 7.23. The molecule has 4 nitrogen and oxygen atoms in total. The van der Waals surface area contributed by atoms with Crippen molar-refractivity contribution in [3.05, 3.63) is 101 Å².